The van der Waals surface area contributed by atoms with Gasteiger partial charge in [-0.15, -0.1) is 11.3 Å². The molecule has 5 nitrogen and oxygen atoms in total. The summed E-state index contributed by atoms with van der Waals surface area (Å²) >= 11 is 1.41. The van der Waals surface area contributed by atoms with Crippen molar-refractivity contribution < 1.29 is 23.4 Å². The first-order valence-electron chi connectivity index (χ1n) is 9.73. The predicted octanol–water partition coefficient (Wildman–Crippen LogP) is 5.60. The zero-order chi connectivity index (χ0) is 20.5. The molecule has 0 bridgehead atoms. The van der Waals surface area contributed by atoms with Gasteiger partial charge in [0, 0.05) is 22.1 Å². The molecule has 2 atom stereocenters. The molecule has 1 aliphatic rings. The van der Waals surface area contributed by atoms with Crippen molar-refractivity contribution in [1.29, 1.82) is 0 Å². The summed E-state index contributed by atoms with van der Waals surface area (Å²) < 4.78 is 23.9. The average molecular weight is 420 g/mol. The monoisotopic (exact) mass is 420 g/mol. The van der Waals surface area contributed by atoms with Gasteiger partial charge in [0.25, 0.3) is 0 Å². The minimum Gasteiger partial charge on any atom is -0.465 e. The predicted molar refractivity (Wildman–Crippen MR) is 115 cm³/mol. The summed E-state index contributed by atoms with van der Waals surface area (Å²) in [6.45, 7) is 0.458. The Morgan fingerprint density at radius 1 is 1.10 bits per heavy atom. The molecule has 0 aliphatic carbocycles. The van der Waals surface area contributed by atoms with E-state index in [9.17, 15) is 4.79 Å². The second-order valence-corrected chi connectivity index (χ2v) is 8.18. The minimum absolute atomic E-state index is 0.236. The molecule has 0 N–H and O–H groups in total. The number of ether oxygens (including phenoxy) is 3. The molecule has 1 aliphatic heterocycles. The van der Waals surface area contributed by atoms with Crippen LogP contribution >= 0.6 is 11.3 Å². The van der Waals surface area contributed by atoms with Crippen LogP contribution in [0.5, 0.6) is 0 Å². The summed E-state index contributed by atoms with van der Waals surface area (Å²) in [4.78, 5) is 12.5. The first-order chi connectivity index (χ1) is 14.7. The molecule has 0 spiro atoms. The smallest absolute Gasteiger partial charge is 0.348 e. The quantitative estimate of drug-likeness (QED) is 0.393. The van der Waals surface area contributed by atoms with E-state index in [1.54, 1.807) is 0 Å². The topological polar surface area (TPSA) is 57.9 Å². The molecule has 2 aromatic carbocycles. The Hall–Kier alpha value is -2.93. The lowest BCUT2D eigenvalue weighted by Gasteiger charge is -2.10. The Kier molecular flexibility index (Phi) is 5.12. The summed E-state index contributed by atoms with van der Waals surface area (Å²) in [6.07, 6.45) is 0.184. The van der Waals surface area contributed by atoms with Crippen LogP contribution in [0.25, 0.3) is 21.4 Å². The fraction of sp³-hybridized carbons (Fsp3) is 0.208. The minimum atomic E-state index is -0.330. The molecule has 1 fully saturated rings. The Bertz CT molecular complexity index is 1180. The molecule has 4 aromatic rings. The van der Waals surface area contributed by atoms with Gasteiger partial charge in [-0.1, -0.05) is 42.5 Å². The number of benzene rings is 2. The van der Waals surface area contributed by atoms with Gasteiger partial charge in [-0.3, -0.25) is 0 Å². The molecule has 2 aromatic heterocycles. The zero-order valence-electron chi connectivity index (χ0n) is 16.4. The van der Waals surface area contributed by atoms with E-state index in [1.807, 2.05) is 54.6 Å². The summed E-state index contributed by atoms with van der Waals surface area (Å²) in [7, 11) is 1.39. The molecule has 1 saturated heterocycles. The van der Waals surface area contributed by atoms with E-state index in [4.69, 9.17) is 18.6 Å². The molecule has 6 heteroatoms. The van der Waals surface area contributed by atoms with Crippen LogP contribution in [-0.2, 0) is 20.6 Å². The van der Waals surface area contributed by atoms with Crippen molar-refractivity contribution in [3.8, 4) is 11.3 Å². The highest BCUT2D eigenvalue weighted by Crippen LogP contribution is 2.37. The number of thiophene rings is 1. The molecule has 152 valence electrons. The molecule has 0 amide bonds. The van der Waals surface area contributed by atoms with E-state index in [-0.39, 0.29) is 18.4 Å². The van der Waals surface area contributed by atoms with Crippen LogP contribution in [0.1, 0.15) is 27.1 Å². The molecular weight excluding hydrogens is 400 g/mol. The van der Waals surface area contributed by atoms with E-state index < -0.39 is 0 Å². The SMILES string of the molecule is COC(=O)c1cc2c(-c3ccc(C4COC(Cc5ccccc5)O4)o3)cccc2s1. The Morgan fingerprint density at radius 2 is 1.97 bits per heavy atom. The molecule has 3 heterocycles. The number of hydrogen-bond donors (Lipinski definition) is 0. The van der Waals surface area contributed by atoms with Gasteiger partial charge in [-0.25, -0.2) is 4.79 Å². The maximum atomic E-state index is 11.9. The van der Waals surface area contributed by atoms with Crippen molar-refractivity contribution in [2.45, 2.75) is 18.8 Å². The molecule has 5 rings (SSSR count). The molecule has 0 radical (unpaired) electrons. The molecule has 30 heavy (non-hydrogen) atoms. The van der Waals surface area contributed by atoms with Crippen LogP contribution in [0.4, 0.5) is 0 Å². The lowest BCUT2D eigenvalue weighted by Crippen LogP contribution is -2.11. The highest BCUT2D eigenvalue weighted by molar-refractivity contribution is 7.20. The van der Waals surface area contributed by atoms with Crippen molar-refractivity contribution in [2.24, 2.45) is 0 Å². The standard InChI is InChI=1S/C24H20O5S/c1-26-24(25)22-13-17-16(8-5-9-21(17)30-22)18-10-11-19(28-18)20-14-27-23(29-20)12-15-6-3-2-4-7-15/h2-11,13,20,23H,12,14H2,1H3. The number of hydrogen-bond acceptors (Lipinski definition) is 6. The van der Waals surface area contributed by atoms with E-state index >= 15 is 0 Å². The molecule has 2 unspecified atom stereocenters. The number of fused-ring (bicyclic) bond motifs is 1. The van der Waals surface area contributed by atoms with E-state index in [2.05, 4.69) is 12.1 Å². The Morgan fingerprint density at radius 3 is 2.80 bits per heavy atom. The van der Waals surface area contributed by atoms with Gasteiger partial charge in [-0.2, -0.15) is 0 Å². The van der Waals surface area contributed by atoms with Gasteiger partial charge in [0.1, 0.15) is 22.5 Å². The maximum absolute atomic E-state index is 11.9. The summed E-state index contributed by atoms with van der Waals surface area (Å²) in [5.74, 6) is 1.14. The van der Waals surface area contributed by atoms with Gasteiger partial charge in [0.2, 0.25) is 0 Å². The number of methoxy groups -OCH3 is 1. The number of esters is 1. The Labute approximate surface area is 177 Å². The van der Waals surface area contributed by atoms with Gasteiger partial charge in [0.05, 0.1) is 13.7 Å². The zero-order valence-corrected chi connectivity index (χ0v) is 17.2. The largest absolute Gasteiger partial charge is 0.465 e. The fourth-order valence-corrected chi connectivity index (χ4v) is 4.67. The van der Waals surface area contributed by atoms with Gasteiger partial charge >= 0.3 is 5.97 Å². The van der Waals surface area contributed by atoms with Crippen LogP contribution in [0.3, 0.4) is 0 Å². The molecule has 0 saturated carbocycles. The second-order valence-electron chi connectivity index (χ2n) is 7.10. The normalized spacial score (nSPS) is 18.7. The summed E-state index contributed by atoms with van der Waals surface area (Å²) in [5.41, 5.74) is 2.11. The highest BCUT2D eigenvalue weighted by Gasteiger charge is 2.30. The lowest BCUT2D eigenvalue weighted by molar-refractivity contribution is -0.0592. The summed E-state index contributed by atoms with van der Waals surface area (Å²) in [6, 6.07) is 21.8. The van der Waals surface area contributed by atoms with Crippen molar-refractivity contribution in [2.75, 3.05) is 13.7 Å². The van der Waals surface area contributed by atoms with Crippen LogP contribution < -0.4 is 0 Å². The van der Waals surface area contributed by atoms with E-state index in [1.165, 1.54) is 24.0 Å². The number of carbonyl (C=O) groups excluding carboxylic acids is 1. The average Bonchev–Trinajstić information content (AvgIpc) is 3.52. The van der Waals surface area contributed by atoms with Crippen molar-refractivity contribution in [3.63, 3.8) is 0 Å². The van der Waals surface area contributed by atoms with Crippen LogP contribution in [0.15, 0.2) is 71.1 Å². The van der Waals surface area contributed by atoms with Gasteiger partial charge < -0.3 is 18.6 Å². The van der Waals surface area contributed by atoms with Gasteiger partial charge in [0.15, 0.2) is 6.29 Å². The number of carbonyl (C=O) groups is 1. The first kappa shape index (κ1) is 19.1. The third-order valence-corrected chi connectivity index (χ3v) is 6.23. The lowest BCUT2D eigenvalue weighted by atomic mass is 10.1. The van der Waals surface area contributed by atoms with Gasteiger partial charge in [-0.05, 0) is 29.8 Å². The third kappa shape index (κ3) is 3.65. The number of furan rings is 1. The maximum Gasteiger partial charge on any atom is 0.348 e. The van der Waals surface area contributed by atoms with Crippen molar-refractivity contribution in [1.82, 2.24) is 0 Å². The molecular formula is C24H20O5S. The fourth-order valence-electron chi connectivity index (χ4n) is 3.67. The summed E-state index contributed by atoms with van der Waals surface area (Å²) in [5, 5.41) is 0.967. The van der Waals surface area contributed by atoms with Crippen molar-refractivity contribution in [3.05, 3.63) is 82.9 Å². The van der Waals surface area contributed by atoms with Crippen LogP contribution in [0, 0.1) is 0 Å². The van der Waals surface area contributed by atoms with Crippen LogP contribution in [0.2, 0.25) is 0 Å². The first-order valence-corrected chi connectivity index (χ1v) is 10.5. The highest BCUT2D eigenvalue weighted by atomic mass is 32.1. The number of rotatable bonds is 5. The van der Waals surface area contributed by atoms with Crippen LogP contribution in [-0.4, -0.2) is 26.0 Å². The Balaban J connectivity index is 1.36. The van der Waals surface area contributed by atoms with E-state index in [0.29, 0.717) is 17.9 Å². The van der Waals surface area contributed by atoms with E-state index in [0.717, 1.165) is 27.2 Å². The third-order valence-electron chi connectivity index (χ3n) is 5.15. The van der Waals surface area contributed by atoms with Crippen molar-refractivity contribution >= 4 is 27.4 Å². The second kappa shape index (κ2) is 8.07.